The number of nitrogens with one attached hydrogen (secondary N) is 11. The number of carbonyl (C=O) groups excluding carboxylic acids is 5. The van der Waals surface area contributed by atoms with E-state index in [0.717, 1.165) is 81.8 Å². The van der Waals surface area contributed by atoms with Crippen molar-refractivity contribution in [1.82, 2.24) is 46.1 Å². The molecule has 5 amide bonds. The summed E-state index contributed by atoms with van der Waals surface area (Å²) in [5, 5.41) is 50.8. The maximum Gasteiger partial charge on any atom is 0.231 e. The average molecular weight is 895 g/mol. The molecule has 0 aliphatic carbocycles. The van der Waals surface area contributed by atoms with Crippen molar-refractivity contribution in [3.63, 3.8) is 0 Å². The van der Waals surface area contributed by atoms with Gasteiger partial charge in [0.05, 0.1) is 63.9 Å². The van der Waals surface area contributed by atoms with E-state index in [2.05, 4.69) is 41.5 Å². The van der Waals surface area contributed by atoms with Crippen LogP contribution in [0.2, 0.25) is 0 Å². The molecule has 5 aliphatic rings. The molecule has 5 aromatic rings. The van der Waals surface area contributed by atoms with Gasteiger partial charge in [0.2, 0.25) is 29.5 Å². The monoisotopic (exact) mass is 894 g/mol. The van der Waals surface area contributed by atoms with E-state index in [-0.39, 0.29) is 65.1 Å². The number of rotatable bonds is 0. The van der Waals surface area contributed by atoms with Crippen LogP contribution in [0.5, 0.6) is 0 Å². The Morgan fingerprint density at radius 2 is 1.14 bits per heavy atom. The van der Waals surface area contributed by atoms with Crippen LogP contribution in [0.25, 0.3) is 0 Å². The van der Waals surface area contributed by atoms with Crippen LogP contribution in [-0.4, -0.2) is 78.2 Å². The topological polar surface area (TPSA) is 324 Å². The van der Waals surface area contributed by atoms with E-state index in [1.807, 2.05) is 66.1 Å². The first-order valence-electron chi connectivity index (χ1n) is 19.4. The molecule has 0 bridgehead atoms. The Kier molecular flexibility index (Phi) is 13.0. The molecule has 0 radical (unpaired) electrons. The molecule has 22 heteroatoms. The number of fused-ring (bicyclic) bond motifs is 5. The summed E-state index contributed by atoms with van der Waals surface area (Å²) in [6, 6.07) is 1.98. The van der Waals surface area contributed by atoms with E-state index in [1.165, 1.54) is 11.3 Å². The number of nitrogens with zero attached hydrogens (tertiary/aromatic N) is 3. The van der Waals surface area contributed by atoms with Crippen LogP contribution in [0.1, 0.15) is 93.3 Å². The minimum atomic E-state index is -0.157. The number of carbonyl (C=O) groups is 5. The number of aromatic nitrogens is 4. The molecular formula is C41H46N14O6S2. The third-order valence-corrected chi connectivity index (χ3v) is 12.6. The summed E-state index contributed by atoms with van der Waals surface area (Å²) in [4.78, 5) is 69.6. The van der Waals surface area contributed by atoms with Gasteiger partial charge in [0.1, 0.15) is 34.8 Å². The number of imidazole rings is 1. The smallest absolute Gasteiger partial charge is 0.231 e. The van der Waals surface area contributed by atoms with Crippen molar-refractivity contribution in [3.8, 4) is 0 Å². The summed E-state index contributed by atoms with van der Waals surface area (Å²) >= 11 is 3.01. The highest BCUT2D eigenvalue weighted by Crippen LogP contribution is 2.26. The highest BCUT2D eigenvalue weighted by atomic mass is 32.1. The number of furan rings is 1. The normalized spacial score (nSPS) is 15.6. The Hall–Kier alpha value is -7.20. The average Bonchev–Trinajstić information content (AvgIpc) is 3.97. The molecule has 0 fully saturated rings. The van der Waals surface area contributed by atoms with Crippen LogP contribution in [0.4, 0.5) is 0 Å². The largest absolute Gasteiger partial charge is 0.458 e. The maximum absolute atomic E-state index is 11.1. The van der Waals surface area contributed by atoms with Gasteiger partial charge in [-0.2, -0.15) is 0 Å². The first kappa shape index (κ1) is 45.3. The van der Waals surface area contributed by atoms with Gasteiger partial charge in [-0.25, -0.2) is 9.97 Å². The fourth-order valence-corrected chi connectivity index (χ4v) is 8.89. The van der Waals surface area contributed by atoms with Gasteiger partial charge in [-0.1, -0.05) is 0 Å². The molecule has 0 saturated heterocycles. The second-order valence-electron chi connectivity index (χ2n) is 15.1. The molecule has 11 N–H and O–H groups in total. The molecule has 10 heterocycles. The molecule has 5 aromatic heterocycles. The number of aromatic amines is 1. The molecule has 0 aromatic carbocycles. The van der Waals surface area contributed by atoms with Crippen LogP contribution < -0.4 is 26.6 Å². The highest BCUT2D eigenvalue weighted by molar-refractivity contribution is 7.14. The van der Waals surface area contributed by atoms with Gasteiger partial charge in [-0.15, -0.1) is 22.7 Å². The van der Waals surface area contributed by atoms with Crippen LogP contribution in [0, 0.1) is 75.5 Å². The molecular weight excluding hydrogens is 849 g/mol. The van der Waals surface area contributed by atoms with Crippen molar-refractivity contribution in [3.05, 3.63) is 99.3 Å². The molecule has 63 heavy (non-hydrogen) atoms. The van der Waals surface area contributed by atoms with Gasteiger partial charge >= 0.3 is 0 Å². The lowest BCUT2D eigenvalue weighted by Gasteiger charge is -2.13. The van der Waals surface area contributed by atoms with E-state index >= 15 is 0 Å². The van der Waals surface area contributed by atoms with Gasteiger partial charge in [0.25, 0.3) is 0 Å². The molecule has 5 aliphatic heterocycles. The summed E-state index contributed by atoms with van der Waals surface area (Å²) in [5.74, 6) is 2.34. The Morgan fingerprint density at radius 1 is 0.603 bits per heavy atom. The summed E-state index contributed by atoms with van der Waals surface area (Å²) in [6.07, 6.45) is 1.71. The third-order valence-electron chi connectivity index (χ3n) is 10.4. The van der Waals surface area contributed by atoms with Crippen molar-refractivity contribution in [2.45, 2.75) is 80.6 Å². The summed E-state index contributed by atoms with van der Waals surface area (Å²) in [6.45, 7) is 13.4. The van der Waals surface area contributed by atoms with Gasteiger partial charge in [-0.3, -0.25) is 51.0 Å². The quantitative estimate of drug-likeness (QED) is 0.110. The number of hydrogen-bond acceptors (Lipinski definition) is 15. The van der Waals surface area contributed by atoms with Crippen LogP contribution in [-0.2, 0) is 63.1 Å². The lowest BCUT2D eigenvalue weighted by molar-refractivity contribution is -0.120. The Labute approximate surface area is 368 Å². The standard InChI is InChI=1S/C9H11N3O.C9H10N2O2.C8H10N4O.C8H8N2OS.C7H7N3OS/c1-4-5(2)11-8-6(4)3-7(13)12-9(8)10;1-4-5(2)13-8-6(4)3-7(12)11-9(8)10;1-4-10-5-3-6(13)11-8(9)7(5)12(4)2;1-4-2-5-3-6(11)10-8(9)7(5)12-4;1-3-9-4-2-5(11)10-7(8)6(4)12-3/h11H,3H2,1-2H3,(H2,10,12,13);3H2,1-2H3,(H2,10,11,12);3H2,1-2H3,(H2,9,11,13);2H,3H2,1H3,(H2,9,10,11);2H2,1H3,(H2,8,10,11). The number of H-pyrrole nitrogens is 1. The van der Waals surface area contributed by atoms with Crippen molar-refractivity contribution < 1.29 is 28.4 Å². The molecule has 0 saturated carbocycles. The molecule has 0 unspecified atom stereocenters. The van der Waals surface area contributed by atoms with Crippen LogP contribution in [0.15, 0.2) is 10.5 Å². The van der Waals surface area contributed by atoms with Crippen molar-refractivity contribution in [1.29, 1.82) is 27.0 Å². The summed E-state index contributed by atoms with van der Waals surface area (Å²) < 4.78 is 7.17. The van der Waals surface area contributed by atoms with Gasteiger partial charge in [0.15, 0.2) is 17.4 Å². The van der Waals surface area contributed by atoms with Crippen LogP contribution in [0.3, 0.4) is 0 Å². The predicted molar refractivity (Wildman–Crippen MR) is 236 cm³/mol. The number of hydrogen-bond donors (Lipinski definition) is 11. The van der Waals surface area contributed by atoms with Gasteiger partial charge in [0, 0.05) is 23.2 Å². The number of amides is 5. The fourth-order valence-electron chi connectivity index (χ4n) is 7.11. The van der Waals surface area contributed by atoms with E-state index in [4.69, 9.17) is 31.5 Å². The van der Waals surface area contributed by atoms with Crippen molar-refractivity contribution in [2.24, 2.45) is 7.05 Å². The molecule has 328 valence electrons. The lowest BCUT2D eigenvalue weighted by atomic mass is 10.0. The highest BCUT2D eigenvalue weighted by Gasteiger charge is 2.28. The Balaban J connectivity index is 0.000000131. The minimum absolute atomic E-state index is 0.0717. The number of thiazole rings is 1. The first-order chi connectivity index (χ1) is 29.6. The summed E-state index contributed by atoms with van der Waals surface area (Å²) in [7, 11) is 1.84. The first-order valence-corrected chi connectivity index (χ1v) is 21.0. The van der Waals surface area contributed by atoms with Gasteiger partial charge in [-0.05, 0) is 76.8 Å². The summed E-state index contributed by atoms with van der Waals surface area (Å²) in [5.41, 5.74) is 8.84. The number of aryl methyl sites for hydroxylation is 5. The zero-order chi connectivity index (χ0) is 46.2. The zero-order valence-corrected chi connectivity index (χ0v) is 37.4. The van der Waals surface area contributed by atoms with Crippen molar-refractivity contribution in [2.75, 3.05) is 0 Å². The molecule has 0 atom stereocenters. The van der Waals surface area contributed by atoms with E-state index in [9.17, 15) is 24.0 Å². The zero-order valence-electron chi connectivity index (χ0n) is 35.7. The minimum Gasteiger partial charge on any atom is -0.458 e. The molecule has 10 rings (SSSR count). The Bertz CT molecular complexity index is 2680. The SMILES string of the molecule is Cc1[nH]c2c(c1C)CC(=O)NC2=N.Cc1cc2c(s1)C(=N)NC(=O)C2.Cc1nc2c(n1C)C(=N)NC(=O)C2.Cc1nc2c(s1)C(=N)NC(=O)C2.Cc1oc2c(c1C)CC(=O)NC2=N. The van der Waals surface area contributed by atoms with Crippen LogP contribution >= 0.6 is 22.7 Å². The van der Waals surface area contributed by atoms with E-state index < -0.39 is 0 Å². The van der Waals surface area contributed by atoms with Gasteiger partial charge < -0.3 is 40.6 Å². The molecule has 20 nitrogen and oxygen atoms in total. The predicted octanol–water partition coefficient (Wildman–Crippen LogP) is 2.75. The lowest BCUT2D eigenvalue weighted by Crippen LogP contribution is -2.38. The molecule has 0 spiro atoms. The maximum atomic E-state index is 11.1. The van der Waals surface area contributed by atoms with Crippen molar-refractivity contribution >= 4 is 81.4 Å². The fraction of sp³-hybridized carbons (Fsp3) is 0.317. The number of amidine groups is 5. The van der Waals surface area contributed by atoms with E-state index in [0.29, 0.717) is 37.1 Å². The Morgan fingerprint density at radius 3 is 1.81 bits per heavy atom. The number of thiophene rings is 1. The second kappa shape index (κ2) is 18.0. The van der Waals surface area contributed by atoms with E-state index in [1.54, 1.807) is 11.3 Å². The third kappa shape index (κ3) is 9.81. The second-order valence-corrected chi connectivity index (χ2v) is 17.5.